The predicted octanol–water partition coefficient (Wildman–Crippen LogP) is 6.52. The van der Waals surface area contributed by atoms with E-state index in [0.717, 1.165) is 22.6 Å². The smallest absolute Gasteiger partial charge is 0.270 e. The van der Waals surface area contributed by atoms with Gasteiger partial charge in [0.2, 0.25) is 0 Å². The lowest BCUT2D eigenvalue weighted by Crippen LogP contribution is -2.27. The van der Waals surface area contributed by atoms with Gasteiger partial charge >= 0.3 is 0 Å². The van der Waals surface area contributed by atoms with Gasteiger partial charge < -0.3 is 14.2 Å². The Hall–Kier alpha value is -3.00. The number of methoxy groups -OCH3 is 1. The number of amides is 1. The lowest BCUT2D eigenvalue weighted by molar-refractivity contribution is -0.113. The molecule has 1 aliphatic rings. The lowest BCUT2D eigenvalue weighted by Gasteiger charge is -2.14. The number of halogens is 1. The monoisotopic (exact) mass is 511 g/mol. The van der Waals surface area contributed by atoms with Crippen molar-refractivity contribution in [2.24, 2.45) is 0 Å². The van der Waals surface area contributed by atoms with Gasteiger partial charge in [0.1, 0.15) is 19.0 Å². The van der Waals surface area contributed by atoms with Crippen molar-refractivity contribution < 1.29 is 19.0 Å². The molecule has 0 saturated carbocycles. The van der Waals surface area contributed by atoms with Crippen LogP contribution in [0.1, 0.15) is 11.1 Å². The minimum atomic E-state index is -0.143. The SMILES string of the molecule is COc1cc(/C=C2\SC(=S)N(c3ccccc3)C2=O)ccc1OCCOc1ccc(Cl)c(C)c1. The largest absolute Gasteiger partial charge is 0.493 e. The van der Waals surface area contributed by atoms with Crippen LogP contribution in [0.4, 0.5) is 5.69 Å². The number of aryl methyl sites for hydroxylation is 1. The van der Waals surface area contributed by atoms with Crippen LogP contribution in [-0.4, -0.2) is 30.6 Å². The molecule has 0 atom stereocenters. The molecule has 1 amide bonds. The predicted molar refractivity (Wildman–Crippen MR) is 142 cm³/mol. The molecule has 8 heteroatoms. The number of ether oxygens (including phenoxy) is 3. The molecule has 3 aromatic carbocycles. The Balaban J connectivity index is 1.40. The van der Waals surface area contributed by atoms with Gasteiger partial charge in [-0.25, -0.2) is 0 Å². The zero-order chi connectivity index (χ0) is 24.1. The second-order valence-corrected chi connectivity index (χ2v) is 9.45. The van der Waals surface area contributed by atoms with Crippen LogP contribution in [0.5, 0.6) is 17.2 Å². The summed E-state index contributed by atoms with van der Waals surface area (Å²) >= 11 is 12.8. The Bertz CT molecular complexity index is 1250. The van der Waals surface area contributed by atoms with E-state index in [4.69, 9.17) is 38.0 Å². The Labute approximate surface area is 213 Å². The molecule has 0 radical (unpaired) electrons. The van der Waals surface area contributed by atoms with Gasteiger partial charge in [-0.1, -0.05) is 59.8 Å². The molecule has 0 aromatic heterocycles. The molecule has 0 spiro atoms. The van der Waals surface area contributed by atoms with E-state index in [9.17, 15) is 4.79 Å². The molecule has 34 heavy (non-hydrogen) atoms. The average Bonchev–Trinajstić information content (AvgIpc) is 3.12. The summed E-state index contributed by atoms with van der Waals surface area (Å²) in [7, 11) is 1.58. The third-order valence-corrected chi connectivity index (χ3v) is 6.76. The van der Waals surface area contributed by atoms with Gasteiger partial charge in [-0.2, -0.15) is 0 Å². The van der Waals surface area contributed by atoms with E-state index in [1.165, 1.54) is 11.8 Å². The van der Waals surface area contributed by atoms with E-state index in [-0.39, 0.29) is 5.91 Å². The first-order valence-electron chi connectivity index (χ1n) is 10.5. The molecule has 0 unspecified atom stereocenters. The Morgan fingerprint density at radius 3 is 2.50 bits per heavy atom. The number of hydrogen-bond acceptors (Lipinski definition) is 6. The third-order valence-electron chi connectivity index (χ3n) is 5.03. The molecule has 174 valence electrons. The molecule has 3 aromatic rings. The van der Waals surface area contributed by atoms with Crippen LogP contribution in [0.15, 0.2) is 71.6 Å². The van der Waals surface area contributed by atoms with E-state index < -0.39 is 0 Å². The quantitative estimate of drug-likeness (QED) is 0.195. The number of anilines is 1. The van der Waals surface area contributed by atoms with Crippen molar-refractivity contribution in [2.75, 3.05) is 25.2 Å². The van der Waals surface area contributed by atoms with E-state index in [1.807, 2.05) is 73.7 Å². The fourth-order valence-corrected chi connectivity index (χ4v) is 4.75. The van der Waals surface area contributed by atoms with E-state index >= 15 is 0 Å². The van der Waals surface area contributed by atoms with Crippen molar-refractivity contribution in [3.63, 3.8) is 0 Å². The molecule has 0 N–H and O–H groups in total. The molecule has 1 aliphatic heterocycles. The lowest BCUT2D eigenvalue weighted by atomic mass is 10.2. The zero-order valence-corrected chi connectivity index (χ0v) is 21.0. The number of thiocarbonyl (C=S) groups is 1. The normalized spacial score (nSPS) is 14.6. The number of carbonyl (C=O) groups excluding carboxylic acids is 1. The van der Waals surface area contributed by atoms with Crippen LogP contribution in [-0.2, 0) is 4.79 Å². The number of para-hydroxylation sites is 1. The van der Waals surface area contributed by atoms with Gasteiger partial charge in [0.05, 0.1) is 17.7 Å². The summed E-state index contributed by atoms with van der Waals surface area (Å²) in [6.07, 6.45) is 1.81. The Morgan fingerprint density at radius 2 is 1.76 bits per heavy atom. The summed E-state index contributed by atoms with van der Waals surface area (Å²) in [5, 5.41) is 0.704. The first kappa shape index (κ1) is 24.1. The van der Waals surface area contributed by atoms with Crippen LogP contribution in [0.2, 0.25) is 5.02 Å². The Kier molecular flexibility index (Phi) is 7.77. The first-order valence-corrected chi connectivity index (χ1v) is 12.1. The maximum absolute atomic E-state index is 12.9. The van der Waals surface area contributed by atoms with E-state index in [1.54, 1.807) is 18.1 Å². The van der Waals surface area contributed by atoms with Crippen LogP contribution in [0.25, 0.3) is 6.08 Å². The topological polar surface area (TPSA) is 48.0 Å². The highest BCUT2D eigenvalue weighted by atomic mass is 35.5. The van der Waals surface area contributed by atoms with Gasteiger partial charge in [0.15, 0.2) is 15.8 Å². The first-order chi connectivity index (χ1) is 16.5. The minimum Gasteiger partial charge on any atom is -0.493 e. The zero-order valence-electron chi connectivity index (χ0n) is 18.6. The maximum atomic E-state index is 12.9. The van der Waals surface area contributed by atoms with Gasteiger partial charge in [0.25, 0.3) is 5.91 Å². The molecule has 0 bridgehead atoms. The van der Waals surface area contributed by atoms with E-state index in [0.29, 0.717) is 39.0 Å². The van der Waals surface area contributed by atoms with Gasteiger partial charge in [0, 0.05) is 5.02 Å². The number of benzene rings is 3. The van der Waals surface area contributed by atoms with Crippen LogP contribution in [0, 0.1) is 6.92 Å². The van der Waals surface area contributed by atoms with Crippen molar-refractivity contribution in [1.29, 1.82) is 0 Å². The average molecular weight is 512 g/mol. The molecule has 4 rings (SSSR count). The summed E-state index contributed by atoms with van der Waals surface area (Å²) in [5.74, 6) is 1.75. The number of carbonyl (C=O) groups is 1. The molecule has 0 aliphatic carbocycles. The molecular weight excluding hydrogens is 490 g/mol. The van der Waals surface area contributed by atoms with Crippen LogP contribution in [0.3, 0.4) is 0 Å². The highest BCUT2D eigenvalue weighted by Gasteiger charge is 2.33. The second kappa shape index (κ2) is 11.0. The summed E-state index contributed by atoms with van der Waals surface area (Å²) in [6.45, 7) is 2.64. The van der Waals surface area contributed by atoms with Crippen molar-refractivity contribution in [1.82, 2.24) is 0 Å². The number of rotatable bonds is 8. The van der Waals surface area contributed by atoms with Crippen LogP contribution >= 0.6 is 35.6 Å². The minimum absolute atomic E-state index is 0.143. The molecule has 5 nitrogen and oxygen atoms in total. The number of nitrogens with zero attached hydrogens (tertiary/aromatic N) is 1. The number of thioether (sulfide) groups is 1. The Morgan fingerprint density at radius 1 is 1.00 bits per heavy atom. The second-order valence-electron chi connectivity index (χ2n) is 7.37. The maximum Gasteiger partial charge on any atom is 0.270 e. The van der Waals surface area contributed by atoms with Crippen molar-refractivity contribution in [2.45, 2.75) is 6.92 Å². The van der Waals surface area contributed by atoms with Crippen molar-refractivity contribution in [3.05, 3.63) is 87.8 Å². The van der Waals surface area contributed by atoms with Crippen molar-refractivity contribution >= 4 is 57.6 Å². The van der Waals surface area contributed by atoms with E-state index in [2.05, 4.69) is 0 Å². The molecule has 1 heterocycles. The van der Waals surface area contributed by atoms with Gasteiger partial charge in [-0.3, -0.25) is 9.69 Å². The fraction of sp³-hybridized carbons (Fsp3) is 0.154. The van der Waals surface area contributed by atoms with Crippen molar-refractivity contribution in [3.8, 4) is 17.2 Å². The number of hydrogen-bond donors (Lipinski definition) is 0. The van der Waals surface area contributed by atoms with Gasteiger partial charge in [-0.15, -0.1) is 0 Å². The fourth-order valence-electron chi connectivity index (χ4n) is 3.33. The summed E-state index contributed by atoms with van der Waals surface area (Å²) in [5.41, 5.74) is 2.52. The highest BCUT2D eigenvalue weighted by molar-refractivity contribution is 8.27. The molecule has 1 saturated heterocycles. The van der Waals surface area contributed by atoms with Crippen LogP contribution < -0.4 is 19.1 Å². The summed E-state index contributed by atoms with van der Waals surface area (Å²) in [6, 6.07) is 20.4. The molecular formula is C26H22ClNO4S2. The summed E-state index contributed by atoms with van der Waals surface area (Å²) in [4.78, 5) is 15.0. The molecule has 1 fully saturated rings. The van der Waals surface area contributed by atoms with Gasteiger partial charge in [-0.05, 0) is 66.6 Å². The summed E-state index contributed by atoms with van der Waals surface area (Å²) < 4.78 is 17.6. The third kappa shape index (κ3) is 5.55. The standard InChI is InChI=1S/C26H22ClNO4S2/c1-17-14-20(9-10-21(17)27)31-12-13-32-22-11-8-18(15-23(22)30-2)16-24-25(29)28(26(33)34-24)19-6-4-3-5-7-19/h3-11,14-16H,12-13H2,1-2H3/b24-16-. The highest BCUT2D eigenvalue weighted by Crippen LogP contribution is 2.37.